The lowest BCUT2D eigenvalue weighted by molar-refractivity contribution is 0.199. The lowest BCUT2D eigenvalue weighted by atomic mass is 10.2. The van der Waals surface area contributed by atoms with Crippen molar-refractivity contribution >= 4 is 10.9 Å². The van der Waals surface area contributed by atoms with E-state index < -0.39 is 0 Å². The number of ether oxygens (including phenoxy) is 2. The lowest BCUT2D eigenvalue weighted by Crippen LogP contribution is -2.21. The molecule has 0 aliphatic carbocycles. The van der Waals surface area contributed by atoms with Crippen molar-refractivity contribution < 1.29 is 9.47 Å². The molecule has 2 aromatic rings. The Kier molecular flexibility index (Phi) is 4.21. The van der Waals surface area contributed by atoms with Gasteiger partial charge in [0.05, 0.1) is 23.1 Å². The van der Waals surface area contributed by atoms with E-state index >= 15 is 0 Å². The van der Waals surface area contributed by atoms with E-state index in [1.807, 2.05) is 34.6 Å². The molecule has 0 unspecified atom stereocenters. The number of rotatable bonds is 4. The van der Waals surface area contributed by atoms with Crippen LogP contribution in [-0.4, -0.2) is 21.8 Å². The molecule has 0 spiro atoms. The number of aromatic nitrogens is 2. The summed E-state index contributed by atoms with van der Waals surface area (Å²) >= 11 is 0. The van der Waals surface area contributed by atoms with Gasteiger partial charge in [0.2, 0.25) is 0 Å². The van der Waals surface area contributed by atoms with Crippen LogP contribution in [0.4, 0.5) is 0 Å². The molecule has 2 rings (SSSR count). The second kappa shape index (κ2) is 5.76. The second-order valence-corrected chi connectivity index (χ2v) is 5.67. The van der Waals surface area contributed by atoms with Crippen LogP contribution in [0.5, 0.6) is 11.5 Å². The Hall–Kier alpha value is -2.04. The maximum atomic E-state index is 12.3. The molecule has 0 fully saturated rings. The Bertz CT molecular complexity index is 718. The van der Waals surface area contributed by atoms with Gasteiger partial charge in [-0.1, -0.05) is 0 Å². The van der Waals surface area contributed by atoms with Gasteiger partial charge in [-0.25, -0.2) is 4.98 Å². The third-order valence-electron chi connectivity index (χ3n) is 3.09. The predicted octanol–water partition coefficient (Wildman–Crippen LogP) is 2.82. The average molecular weight is 290 g/mol. The van der Waals surface area contributed by atoms with Crippen molar-refractivity contribution in [3.63, 3.8) is 0 Å². The van der Waals surface area contributed by atoms with Gasteiger partial charge in [0.15, 0.2) is 11.5 Å². The molecule has 0 aliphatic rings. The molecule has 1 aromatic heterocycles. The van der Waals surface area contributed by atoms with E-state index in [0.717, 1.165) is 0 Å². The van der Waals surface area contributed by atoms with Gasteiger partial charge >= 0.3 is 0 Å². The van der Waals surface area contributed by atoms with Gasteiger partial charge in [0, 0.05) is 13.1 Å². The summed E-state index contributed by atoms with van der Waals surface area (Å²) in [5.41, 5.74) is 0.546. The van der Waals surface area contributed by atoms with Crippen molar-refractivity contribution in [3.05, 3.63) is 28.3 Å². The summed E-state index contributed by atoms with van der Waals surface area (Å²) in [5, 5.41) is 0.537. The first kappa shape index (κ1) is 15.4. The highest BCUT2D eigenvalue weighted by Gasteiger charge is 2.14. The Morgan fingerprint density at radius 1 is 1.05 bits per heavy atom. The van der Waals surface area contributed by atoms with E-state index in [0.29, 0.717) is 28.2 Å². The largest absolute Gasteiger partial charge is 0.487 e. The zero-order valence-electron chi connectivity index (χ0n) is 13.4. The Labute approximate surface area is 124 Å². The molecule has 0 radical (unpaired) electrons. The molecular weight excluding hydrogens is 268 g/mol. The predicted molar refractivity (Wildman–Crippen MR) is 83.2 cm³/mol. The summed E-state index contributed by atoms with van der Waals surface area (Å²) < 4.78 is 13.1. The summed E-state index contributed by atoms with van der Waals surface area (Å²) in [6, 6.07) is 3.50. The molecule has 0 amide bonds. The van der Waals surface area contributed by atoms with Gasteiger partial charge in [0.25, 0.3) is 5.56 Å². The Morgan fingerprint density at radius 3 is 2.10 bits per heavy atom. The molecule has 5 nitrogen and oxygen atoms in total. The highest BCUT2D eigenvalue weighted by atomic mass is 16.5. The zero-order chi connectivity index (χ0) is 15.7. The van der Waals surface area contributed by atoms with Crippen molar-refractivity contribution in [2.75, 3.05) is 0 Å². The maximum absolute atomic E-state index is 12.3. The molecule has 0 saturated heterocycles. The molecule has 21 heavy (non-hydrogen) atoms. The number of hydrogen-bond acceptors (Lipinski definition) is 4. The molecule has 0 atom stereocenters. The maximum Gasteiger partial charge on any atom is 0.261 e. The minimum Gasteiger partial charge on any atom is -0.487 e. The molecular formula is C16H22N2O3. The fourth-order valence-corrected chi connectivity index (χ4v) is 2.08. The molecule has 1 heterocycles. The van der Waals surface area contributed by atoms with Crippen molar-refractivity contribution in [2.45, 2.75) is 46.8 Å². The molecule has 0 aliphatic heterocycles. The Balaban J connectivity index is 2.70. The lowest BCUT2D eigenvalue weighted by Gasteiger charge is -2.18. The van der Waals surface area contributed by atoms with Gasteiger partial charge in [-0.05, 0) is 40.7 Å². The second-order valence-electron chi connectivity index (χ2n) is 5.67. The summed E-state index contributed by atoms with van der Waals surface area (Å²) in [7, 11) is 1.71. The first-order valence-corrected chi connectivity index (χ1v) is 7.14. The van der Waals surface area contributed by atoms with Gasteiger partial charge in [0.1, 0.15) is 5.82 Å². The van der Waals surface area contributed by atoms with Crippen LogP contribution < -0.4 is 15.0 Å². The van der Waals surface area contributed by atoms with Crippen LogP contribution in [-0.2, 0) is 7.05 Å². The van der Waals surface area contributed by atoms with Crippen molar-refractivity contribution in [3.8, 4) is 11.5 Å². The minimum atomic E-state index is -0.0813. The highest BCUT2D eigenvalue weighted by molar-refractivity contribution is 5.82. The standard InChI is InChI=1S/C16H22N2O3/c1-9(2)20-14-7-12-13(8-15(14)21-10(3)4)17-11(5)18(6)16(12)19/h7-10H,1-6H3. The third kappa shape index (κ3) is 3.17. The fraction of sp³-hybridized carbons (Fsp3) is 0.500. The van der Waals surface area contributed by atoms with Crippen LogP contribution in [0.3, 0.4) is 0 Å². The highest BCUT2D eigenvalue weighted by Crippen LogP contribution is 2.32. The van der Waals surface area contributed by atoms with Crippen LogP contribution >= 0.6 is 0 Å². The quantitative estimate of drug-likeness (QED) is 0.869. The van der Waals surface area contributed by atoms with E-state index in [-0.39, 0.29) is 17.8 Å². The minimum absolute atomic E-state index is 0.000721. The molecule has 0 N–H and O–H groups in total. The SMILES string of the molecule is Cc1nc2cc(OC(C)C)c(OC(C)C)cc2c(=O)n1C. The van der Waals surface area contributed by atoms with E-state index in [4.69, 9.17) is 9.47 Å². The van der Waals surface area contributed by atoms with Gasteiger partial charge in [-0.15, -0.1) is 0 Å². The third-order valence-corrected chi connectivity index (χ3v) is 3.09. The van der Waals surface area contributed by atoms with Crippen LogP contribution in [0.25, 0.3) is 10.9 Å². The monoisotopic (exact) mass is 290 g/mol. The van der Waals surface area contributed by atoms with Gasteiger partial charge < -0.3 is 9.47 Å². The Morgan fingerprint density at radius 2 is 1.57 bits per heavy atom. The van der Waals surface area contributed by atoms with E-state index in [1.165, 1.54) is 4.57 Å². The van der Waals surface area contributed by atoms with Crippen molar-refractivity contribution in [1.29, 1.82) is 0 Å². The first-order chi connectivity index (χ1) is 9.79. The van der Waals surface area contributed by atoms with Crippen LogP contribution in [0, 0.1) is 6.92 Å². The van der Waals surface area contributed by atoms with Crippen LogP contribution in [0.1, 0.15) is 33.5 Å². The average Bonchev–Trinajstić information content (AvgIpc) is 2.37. The molecule has 0 saturated carbocycles. The number of aryl methyl sites for hydroxylation is 1. The van der Waals surface area contributed by atoms with Crippen molar-refractivity contribution in [2.24, 2.45) is 7.05 Å². The number of nitrogens with zero attached hydrogens (tertiary/aromatic N) is 2. The fourth-order valence-electron chi connectivity index (χ4n) is 2.08. The summed E-state index contributed by atoms with van der Waals surface area (Å²) in [6.45, 7) is 9.59. The van der Waals surface area contributed by atoms with Gasteiger partial charge in [-0.2, -0.15) is 0 Å². The van der Waals surface area contributed by atoms with Crippen LogP contribution in [0.15, 0.2) is 16.9 Å². The van der Waals surface area contributed by atoms with E-state index in [2.05, 4.69) is 4.98 Å². The summed E-state index contributed by atoms with van der Waals surface area (Å²) in [5.74, 6) is 1.86. The van der Waals surface area contributed by atoms with Crippen molar-refractivity contribution in [1.82, 2.24) is 9.55 Å². The molecule has 114 valence electrons. The van der Waals surface area contributed by atoms with E-state index in [1.54, 1.807) is 19.2 Å². The van der Waals surface area contributed by atoms with Gasteiger partial charge in [-0.3, -0.25) is 9.36 Å². The number of hydrogen-bond donors (Lipinski definition) is 0. The number of benzene rings is 1. The normalized spacial score (nSPS) is 11.4. The molecule has 1 aromatic carbocycles. The smallest absolute Gasteiger partial charge is 0.261 e. The topological polar surface area (TPSA) is 53.4 Å². The molecule has 0 bridgehead atoms. The van der Waals surface area contributed by atoms with Crippen LogP contribution in [0.2, 0.25) is 0 Å². The summed E-state index contributed by atoms with van der Waals surface area (Å²) in [6.07, 6.45) is 0.0174. The zero-order valence-corrected chi connectivity index (χ0v) is 13.4. The summed E-state index contributed by atoms with van der Waals surface area (Å²) in [4.78, 5) is 16.8. The van der Waals surface area contributed by atoms with E-state index in [9.17, 15) is 4.79 Å². The first-order valence-electron chi connectivity index (χ1n) is 7.14. The number of fused-ring (bicyclic) bond motifs is 1. The molecule has 5 heteroatoms.